The molecule has 2 rings (SSSR count). The minimum absolute atomic E-state index is 0. The van der Waals surface area contributed by atoms with Gasteiger partial charge < -0.3 is 0 Å². The van der Waals surface area contributed by atoms with Gasteiger partial charge in [0, 0.05) is 5.88 Å². The van der Waals surface area contributed by atoms with Crippen LogP contribution in [0.4, 0.5) is 0 Å². The molecule has 0 heterocycles. The van der Waals surface area contributed by atoms with E-state index in [9.17, 15) is 0 Å². The van der Waals surface area contributed by atoms with E-state index in [2.05, 4.69) is 0 Å². The number of allylic oxidation sites excluding steroid dienone is 2. The summed E-state index contributed by atoms with van der Waals surface area (Å²) in [5, 5.41) is 17.3. The van der Waals surface area contributed by atoms with E-state index in [-0.39, 0.29) is 28.5 Å². The molecule has 19 heavy (non-hydrogen) atoms. The Balaban J connectivity index is 0.000000454. The van der Waals surface area contributed by atoms with E-state index >= 15 is 0 Å². The molecule has 0 amide bonds. The van der Waals surface area contributed by atoms with Crippen molar-refractivity contribution in [2.75, 3.05) is 5.88 Å². The molecule has 0 fully saturated rings. The Kier molecular flexibility index (Phi) is 9.23. The Morgan fingerprint density at radius 1 is 1.05 bits per heavy atom. The molecule has 0 spiro atoms. The molecule has 0 aliphatic carbocycles. The monoisotopic (exact) mass is 310 g/mol. The van der Waals surface area contributed by atoms with Crippen molar-refractivity contribution in [2.45, 2.75) is 0 Å². The van der Waals surface area contributed by atoms with Gasteiger partial charge in [0.05, 0.1) is 17.7 Å². The molecule has 0 aliphatic rings. The van der Waals surface area contributed by atoms with Gasteiger partial charge in [-0.1, -0.05) is 5.57 Å². The van der Waals surface area contributed by atoms with Crippen LogP contribution >= 0.6 is 11.6 Å². The fourth-order valence-electron chi connectivity index (χ4n) is 1.34. The van der Waals surface area contributed by atoms with Crippen LogP contribution in [0.25, 0.3) is 5.57 Å². The first kappa shape index (κ1) is 17.2. The van der Waals surface area contributed by atoms with Crippen LogP contribution in [-0.4, -0.2) is 5.88 Å². The molecule has 0 atom stereocenters. The van der Waals surface area contributed by atoms with Gasteiger partial charge in [-0.05, 0) is 0 Å². The number of halogens is 1. The van der Waals surface area contributed by atoms with Crippen molar-refractivity contribution >= 4 is 17.2 Å². The Bertz CT molecular complexity index is 521. The Morgan fingerprint density at radius 3 is 1.89 bits per heavy atom. The zero-order valence-electron chi connectivity index (χ0n) is 10.0. The van der Waals surface area contributed by atoms with Gasteiger partial charge in [0.25, 0.3) is 0 Å². The van der Waals surface area contributed by atoms with Crippen molar-refractivity contribution in [3.8, 4) is 12.1 Å². The summed E-state index contributed by atoms with van der Waals surface area (Å²) in [7, 11) is 0. The smallest absolute Gasteiger partial charge is 0.214 e. The fraction of sp³-hybridized carbons (Fsp3) is 0.0667. The Hall–Kier alpha value is -1.77. The van der Waals surface area contributed by atoms with E-state index < -0.39 is 0 Å². The molecule has 4 heteroatoms. The quantitative estimate of drug-likeness (QED) is 0.366. The van der Waals surface area contributed by atoms with Crippen LogP contribution in [0, 0.1) is 22.7 Å². The summed E-state index contributed by atoms with van der Waals surface area (Å²) in [6, 6.07) is 21.0. The number of alkyl halides is 1. The van der Waals surface area contributed by atoms with E-state index in [4.69, 9.17) is 22.1 Å². The molecule has 96 valence electrons. The van der Waals surface area contributed by atoms with Crippen molar-refractivity contribution in [2.24, 2.45) is 0 Å². The summed E-state index contributed by atoms with van der Waals surface area (Å²) >= 11 is 5.65. The van der Waals surface area contributed by atoms with Crippen molar-refractivity contribution in [1.82, 2.24) is 0 Å². The average molecular weight is 311 g/mol. The molecule has 0 saturated heterocycles. The molecule has 2 nitrogen and oxygen atoms in total. The number of rotatable bonds is 2. The molecule has 0 radical (unpaired) electrons. The van der Waals surface area contributed by atoms with Crippen LogP contribution in [0.15, 0.2) is 60.2 Å². The van der Waals surface area contributed by atoms with E-state index in [0.717, 1.165) is 5.56 Å². The van der Waals surface area contributed by atoms with Gasteiger partial charge in [-0.3, -0.25) is 0 Å². The van der Waals surface area contributed by atoms with Crippen molar-refractivity contribution < 1.29 is 17.1 Å². The zero-order chi connectivity index (χ0) is 13.2. The third-order valence-electron chi connectivity index (χ3n) is 2.23. The average Bonchev–Trinajstić information content (AvgIpc) is 3.09. The normalized spacial score (nSPS) is 7.95. The van der Waals surface area contributed by atoms with Crippen LogP contribution in [0.5, 0.6) is 0 Å². The Morgan fingerprint density at radius 2 is 1.58 bits per heavy atom. The Labute approximate surface area is 128 Å². The number of hydrogen-bond acceptors (Lipinski definition) is 2. The standard InChI is InChI=1S/C10H6ClN2.C5H5.Fe/c11-5-10(9(6-12)7-13)8-3-1-2-4-8;1-2-4-5-3-1;/h1-4H,5H2;1-5H;/q2*-1;+2. The predicted molar refractivity (Wildman–Crippen MR) is 72.9 cm³/mol. The summed E-state index contributed by atoms with van der Waals surface area (Å²) in [6.45, 7) is 0. The van der Waals surface area contributed by atoms with Crippen molar-refractivity contribution in [3.05, 3.63) is 65.7 Å². The predicted octanol–water partition coefficient (Wildman–Crippen LogP) is 3.85. The maximum atomic E-state index is 8.64. The first-order chi connectivity index (χ1) is 8.83. The first-order valence-corrected chi connectivity index (χ1v) is 5.85. The van der Waals surface area contributed by atoms with Gasteiger partial charge in [-0.2, -0.15) is 30.3 Å². The van der Waals surface area contributed by atoms with Crippen molar-refractivity contribution in [1.29, 1.82) is 10.5 Å². The van der Waals surface area contributed by atoms with Crippen LogP contribution < -0.4 is 0 Å². The third kappa shape index (κ3) is 5.60. The van der Waals surface area contributed by atoms with Gasteiger partial charge in [-0.25, -0.2) is 22.7 Å². The van der Waals surface area contributed by atoms with Gasteiger partial charge in [0.15, 0.2) is 0 Å². The second-order valence-corrected chi connectivity index (χ2v) is 3.61. The number of hydrogen-bond donors (Lipinski definition) is 0. The summed E-state index contributed by atoms with van der Waals surface area (Å²) in [4.78, 5) is 0. The van der Waals surface area contributed by atoms with E-state index in [1.807, 2.05) is 66.7 Å². The molecule has 0 bridgehead atoms. The van der Waals surface area contributed by atoms with Crippen LogP contribution in [-0.2, 0) is 17.1 Å². The maximum absolute atomic E-state index is 8.64. The van der Waals surface area contributed by atoms with Crippen LogP contribution in [0.1, 0.15) is 5.56 Å². The molecule has 2 aromatic carbocycles. The fourth-order valence-corrected chi connectivity index (χ4v) is 1.63. The number of nitriles is 2. The van der Waals surface area contributed by atoms with E-state index in [1.165, 1.54) is 0 Å². The molecule has 0 unspecified atom stereocenters. The summed E-state index contributed by atoms with van der Waals surface area (Å²) < 4.78 is 0. The topological polar surface area (TPSA) is 47.6 Å². The van der Waals surface area contributed by atoms with Crippen LogP contribution in [0.2, 0.25) is 0 Å². The third-order valence-corrected chi connectivity index (χ3v) is 2.49. The molecule has 2 aromatic rings. The molecule has 0 saturated carbocycles. The van der Waals surface area contributed by atoms with Gasteiger partial charge in [0.1, 0.15) is 0 Å². The SMILES string of the molecule is N#CC(C#N)=C(CCl)[c-]1cccc1.[Fe+2].c1cc[cH-]c1. The summed E-state index contributed by atoms with van der Waals surface area (Å²) in [5.74, 6) is 0.181. The second kappa shape index (κ2) is 10.2. The van der Waals surface area contributed by atoms with Gasteiger partial charge in [0.2, 0.25) is 0 Å². The molecule has 0 aromatic heterocycles. The zero-order valence-corrected chi connectivity index (χ0v) is 11.9. The van der Waals surface area contributed by atoms with Gasteiger partial charge >= 0.3 is 17.1 Å². The maximum Gasteiger partial charge on any atom is 2.00 e. The summed E-state index contributed by atoms with van der Waals surface area (Å²) in [5.41, 5.74) is 1.52. The minimum atomic E-state index is 0. The van der Waals surface area contributed by atoms with Crippen LogP contribution in [0.3, 0.4) is 0 Å². The molecular weight excluding hydrogens is 299 g/mol. The largest absolute Gasteiger partial charge is 2.00 e. The summed E-state index contributed by atoms with van der Waals surface area (Å²) in [6.07, 6.45) is 0. The van der Waals surface area contributed by atoms with E-state index in [0.29, 0.717) is 5.57 Å². The number of nitrogens with zero attached hydrogens (tertiary/aromatic N) is 2. The molecule has 0 aliphatic heterocycles. The van der Waals surface area contributed by atoms with Crippen molar-refractivity contribution in [3.63, 3.8) is 0 Å². The molecule has 0 N–H and O–H groups in total. The minimum Gasteiger partial charge on any atom is -0.214 e. The van der Waals surface area contributed by atoms with E-state index in [1.54, 1.807) is 0 Å². The molecular formula is C15H11ClFeN2. The first-order valence-electron chi connectivity index (χ1n) is 5.31. The van der Waals surface area contributed by atoms with Gasteiger partial charge in [-0.15, -0.1) is 29.3 Å². The second-order valence-electron chi connectivity index (χ2n) is 3.35.